The van der Waals surface area contributed by atoms with E-state index in [1.54, 1.807) is 0 Å². The van der Waals surface area contributed by atoms with Crippen molar-refractivity contribution in [2.75, 3.05) is 45.9 Å². The standard InChI is InChI=1S/C16H25N3O/c1-14-3-2-5-17-16(14)12-19-8-6-18(7-9-19)11-15-4-10-20-13-15/h2-3,5,15H,4,6-13H2,1H3. The normalized spacial score (nSPS) is 25.1. The minimum atomic E-state index is 0.764. The van der Waals surface area contributed by atoms with Crippen molar-refractivity contribution in [2.45, 2.75) is 19.9 Å². The van der Waals surface area contributed by atoms with Crippen molar-refractivity contribution in [2.24, 2.45) is 5.92 Å². The smallest absolute Gasteiger partial charge is 0.0573 e. The van der Waals surface area contributed by atoms with Crippen molar-refractivity contribution < 1.29 is 4.74 Å². The first-order chi connectivity index (χ1) is 9.81. The molecular formula is C16H25N3O. The lowest BCUT2D eigenvalue weighted by atomic mass is 10.1. The highest BCUT2D eigenvalue weighted by molar-refractivity contribution is 5.17. The number of hydrogen-bond acceptors (Lipinski definition) is 4. The zero-order chi connectivity index (χ0) is 13.8. The molecule has 1 atom stereocenters. The predicted octanol–water partition coefficient (Wildman–Crippen LogP) is 1.54. The summed E-state index contributed by atoms with van der Waals surface area (Å²) in [6.07, 6.45) is 3.14. The van der Waals surface area contributed by atoms with Crippen LogP contribution in [-0.2, 0) is 11.3 Å². The predicted molar refractivity (Wildman–Crippen MR) is 79.6 cm³/mol. The highest BCUT2D eigenvalue weighted by atomic mass is 16.5. The Labute approximate surface area is 121 Å². The molecule has 0 radical (unpaired) electrons. The number of piperazine rings is 1. The Morgan fingerprint density at radius 1 is 1.25 bits per heavy atom. The van der Waals surface area contributed by atoms with Crippen LogP contribution in [0.1, 0.15) is 17.7 Å². The Hall–Kier alpha value is -0.970. The Morgan fingerprint density at radius 2 is 2.05 bits per heavy atom. The van der Waals surface area contributed by atoms with E-state index < -0.39 is 0 Å². The molecule has 4 nitrogen and oxygen atoms in total. The van der Waals surface area contributed by atoms with E-state index in [0.29, 0.717) is 0 Å². The number of pyridine rings is 1. The Morgan fingerprint density at radius 3 is 2.75 bits per heavy atom. The second kappa shape index (κ2) is 6.66. The maximum absolute atomic E-state index is 5.47. The van der Waals surface area contributed by atoms with Gasteiger partial charge in [0.1, 0.15) is 0 Å². The summed E-state index contributed by atoms with van der Waals surface area (Å²) in [5.74, 6) is 0.764. The first-order valence-corrected chi connectivity index (χ1v) is 7.74. The molecule has 0 N–H and O–H groups in total. The van der Waals surface area contributed by atoms with Crippen LogP contribution >= 0.6 is 0 Å². The van der Waals surface area contributed by atoms with Gasteiger partial charge >= 0.3 is 0 Å². The molecule has 0 spiro atoms. The highest BCUT2D eigenvalue weighted by Crippen LogP contribution is 2.16. The van der Waals surface area contributed by atoms with Gasteiger partial charge in [0.15, 0.2) is 0 Å². The van der Waals surface area contributed by atoms with Gasteiger partial charge in [-0.2, -0.15) is 0 Å². The lowest BCUT2D eigenvalue weighted by Gasteiger charge is -2.35. The van der Waals surface area contributed by atoms with E-state index in [1.807, 2.05) is 12.3 Å². The molecule has 0 bridgehead atoms. The first kappa shape index (κ1) is 14.0. The molecule has 0 aromatic carbocycles. The summed E-state index contributed by atoms with van der Waals surface area (Å²) in [7, 11) is 0. The van der Waals surface area contributed by atoms with Crippen LogP contribution in [0.3, 0.4) is 0 Å². The topological polar surface area (TPSA) is 28.6 Å². The van der Waals surface area contributed by atoms with Crippen LogP contribution in [0.25, 0.3) is 0 Å². The van der Waals surface area contributed by atoms with Gasteiger partial charge < -0.3 is 9.64 Å². The van der Waals surface area contributed by atoms with Gasteiger partial charge in [-0.3, -0.25) is 9.88 Å². The molecule has 2 aliphatic heterocycles. The third kappa shape index (κ3) is 3.57. The molecular weight excluding hydrogens is 250 g/mol. The molecule has 0 amide bonds. The first-order valence-electron chi connectivity index (χ1n) is 7.74. The van der Waals surface area contributed by atoms with Crippen molar-refractivity contribution in [1.82, 2.24) is 14.8 Å². The number of aryl methyl sites for hydroxylation is 1. The average Bonchev–Trinajstić information content (AvgIpc) is 2.96. The van der Waals surface area contributed by atoms with Gasteiger partial charge in [0, 0.05) is 52.1 Å². The largest absolute Gasteiger partial charge is 0.381 e. The van der Waals surface area contributed by atoms with Crippen LogP contribution in [-0.4, -0.2) is 60.7 Å². The summed E-state index contributed by atoms with van der Waals surface area (Å²) >= 11 is 0. The third-order valence-electron chi connectivity index (χ3n) is 4.50. The van der Waals surface area contributed by atoms with Crippen LogP contribution in [0.2, 0.25) is 0 Å². The van der Waals surface area contributed by atoms with Crippen LogP contribution in [0.15, 0.2) is 18.3 Å². The third-order valence-corrected chi connectivity index (χ3v) is 4.50. The molecule has 1 unspecified atom stereocenters. The summed E-state index contributed by atoms with van der Waals surface area (Å²) in [4.78, 5) is 9.63. The molecule has 2 saturated heterocycles. The number of hydrogen-bond donors (Lipinski definition) is 0. The van der Waals surface area contributed by atoms with E-state index >= 15 is 0 Å². The molecule has 0 saturated carbocycles. The Balaban J connectivity index is 1.45. The van der Waals surface area contributed by atoms with E-state index in [9.17, 15) is 0 Å². The second-order valence-electron chi connectivity index (χ2n) is 6.07. The minimum Gasteiger partial charge on any atom is -0.381 e. The number of aromatic nitrogens is 1. The van der Waals surface area contributed by atoms with Crippen LogP contribution in [0.4, 0.5) is 0 Å². The monoisotopic (exact) mass is 275 g/mol. The zero-order valence-corrected chi connectivity index (χ0v) is 12.4. The molecule has 3 heterocycles. The van der Waals surface area contributed by atoms with E-state index in [4.69, 9.17) is 4.74 Å². The zero-order valence-electron chi connectivity index (χ0n) is 12.4. The summed E-state index contributed by atoms with van der Waals surface area (Å²) in [5.41, 5.74) is 2.53. The van der Waals surface area contributed by atoms with Gasteiger partial charge in [0.25, 0.3) is 0 Å². The van der Waals surface area contributed by atoms with E-state index in [2.05, 4.69) is 27.8 Å². The van der Waals surface area contributed by atoms with Crippen LogP contribution < -0.4 is 0 Å². The second-order valence-corrected chi connectivity index (χ2v) is 6.07. The van der Waals surface area contributed by atoms with Crippen molar-refractivity contribution >= 4 is 0 Å². The van der Waals surface area contributed by atoms with Crippen molar-refractivity contribution in [1.29, 1.82) is 0 Å². The SMILES string of the molecule is Cc1cccnc1CN1CCN(CC2CCOC2)CC1. The van der Waals surface area contributed by atoms with Gasteiger partial charge in [-0.1, -0.05) is 6.07 Å². The van der Waals surface area contributed by atoms with Gasteiger partial charge in [0.2, 0.25) is 0 Å². The lowest BCUT2D eigenvalue weighted by Crippen LogP contribution is -2.47. The molecule has 1 aromatic heterocycles. The Bertz CT molecular complexity index is 423. The van der Waals surface area contributed by atoms with Gasteiger partial charge in [0.05, 0.1) is 12.3 Å². The quantitative estimate of drug-likeness (QED) is 0.833. The average molecular weight is 275 g/mol. The molecule has 1 aromatic rings. The van der Waals surface area contributed by atoms with Crippen molar-refractivity contribution in [3.05, 3.63) is 29.6 Å². The van der Waals surface area contributed by atoms with Crippen molar-refractivity contribution in [3.63, 3.8) is 0 Å². The summed E-state index contributed by atoms with van der Waals surface area (Å²) in [5, 5.41) is 0. The van der Waals surface area contributed by atoms with Crippen LogP contribution in [0, 0.1) is 12.8 Å². The molecule has 20 heavy (non-hydrogen) atoms. The highest BCUT2D eigenvalue weighted by Gasteiger charge is 2.22. The van der Waals surface area contributed by atoms with Gasteiger partial charge in [-0.25, -0.2) is 0 Å². The van der Waals surface area contributed by atoms with Gasteiger partial charge in [-0.05, 0) is 30.9 Å². The number of rotatable bonds is 4. The lowest BCUT2D eigenvalue weighted by molar-refractivity contribution is 0.106. The van der Waals surface area contributed by atoms with Gasteiger partial charge in [-0.15, -0.1) is 0 Å². The maximum Gasteiger partial charge on any atom is 0.0573 e. The fourth-order valence-corrected chi connectivity index (χ4v) is 3.12. The summed E-state index contributed by atoms with van der Waals surface area (Å²) < 4.78 is 5.47. The number of nitrogens with zero attached hydrogens (tertiary/aromatic N) is 3. The molecule has 110 valence electrons. The summed E-state index contributed by atoms with van der Waals surface area (Å²) in [6.45, 7) is 11.0. The molecule has 3 rings (SSSR count). The van der Waals surface area contributed by atoms with E-state index in [-0.39, 0.29) is 0 Å². The molecule has 2 aliphatic rings. The Kier molecular flexibility index (Phi) is 4.65. The maximum atomic E-state index is 5.47. The number of ether oxygens (including phenoxy) is 1. The summed E-state index contributed by atoms with van der Waals surface area (Å²) in [6, 6.07) is 4.17. The van der Waals surface area contributed by atoms with Crippen molar-refractivity contribution in [3.8, 4) is 0 Å². The van der Waals surface area contributed by atoms with Crippen LogP contribution in [0.5, 0.6) is 0 Å². The fourth-order valence-electron chi connectivity index (χ4n) is 3.12. The minimum absolute atomic E-state index is 0.764. The molecule has 0 aliphatic carbocycles. The molecule has 2 fully saturated rings. The van der Waals surface area contributed by atoms with E-state index in [1.165, 1.54) is 37.3 Å². The fraction of sp³-hybridized carbons (Fsp3) is 0.688. The molecule has 4 heteroatoms. The van der Waals surface area contributed by atoms with E-state index in [0.717, 1.165) is 38.8 Å².